The number of pyridine rings is 1. The maximum Gasteiger partial charge on any atom is 0.274 e. The Hall–Kier alpha value is -4.86. The van der Waals surface area contributed by atoms with Crippen LogP contribution in [0, 0.1) is 17.2 Å². The first-order valence-corrected chi connectivity index (χ1v) is 17.2. The molecule has 48 heavy (non-hydrogen) atoms. The predicted molar refractivity (Wildman–Crippen MR) is 183 cm³/mol. The molecule has 1 amide bonds. The summed E-state index contributed by atoms with van der Waals surface area (Å²) in [4.78, 5) is 21.6. The SMILES string of the molecule is C/C=C\C(OCC)=C(/C)C(C)(c1cc(C#N)ccc1N(C=O)S(=O)(=O)c1ccc(OC)cc1OC)N1CC2CN(c3ccncc3)CC21. The van der Waals surface area contributed by atoms with Gasteiger partial charge in [0.15, 0.2) is 0 Å². The molecule has 1 aromatic heterocycles. The van der Waals surface area contributed by atoms with Crippen molar-refractivity contribution < 1.29 is 27.4 Å². The van der Waals surface area contributed by atoms with E-state index in [1.54, 1.807) is 18.5 Å². The molecule has 5 rings (SSSR count). The van der Waals surface area contributed by atoms with Gasteiger partial charge in [-0.2, -0.15) is 5.26 Å². The molecule has 3 aromatic rings. The van der Waals surface area contributed by atoms with E-state index in [0.29, 0.717) is 48.1 Å². The minimum atomic E-state index is -4.51. The summed E-state index contributed by atoms with van der Waals surface area (Å²) in [7, 11) is -1.69. The van der Waals surface area contributed by atoms with Crippen molar-refractivity contribution in [1.82, 2.24) is 9.88 Å². The molecule has 0 spiro atoms. The Bertz CT molecular complexity index is 1870. The molecule has 0 N–H and O–H groups in total. The number of nitriles is 1. The molecule has 2 aromatic carbocycles. The van der Waals surface area contributed by atoms with Crippen molar-refractivity contribution in [3.8, 4) is 17.6 Å². The molecule has 0 aliphatic carbocycles. The topological polar surface area (TPSA) is 125 Å². The van der Waals surface area contributed by atoms with Gasteiger partial charge in [0.2, 0.25) is 6.41 Å². The first-order valence-electron chi connectivity index (χ1n) is 15.7. The van der Waals surface area contributed by atoms with E-state index in [1.165, 1.54) is 44.6 Å². The summed E-state index contributed by atoms with van der Waals surface area (Å²) >= 11 is 0. The van der Waals surface area contributed by atoms with Crippen LogP contribution in [0.25, 0.3) is 0 Å². The molecule has 3 heterocycles. The summed E-state index contributed by atoms with van der Waals surface area (Å²) in [5, 5.41) is 10.1. The van der Waals surface area contributed by atoms with Crippen LogP contribution in [0.2, 0.25) is 0 Å². The summed E-state index contributed by atoms with van der Waals surface area (Å²) in [6.45, 7) is 10.5. The lowest BCUT2D eigenvalue weighted by atomic mass is 9.75. The second-order valence-electron chi connectivity index (χ2n) is 11.9. The Morgan fingerprint density at radius 1 is 1.10 bits per heavy atom. The van der Waals surface area contributed by atoms with Gasteiger partial charge in [0.25, 0.3) is 10.0 Å². The fourth-order valence-corrected chi connectivity index (χ4v) is 8.22. The largest absolute Gasteiger partial charge is 0.497 e. The second-order valence-corrected chi connectivity index (χ2v) is 13.6. The number of hydrogen-bond acceptors (Lipinski definition) is 10. The van der Waals surface area contributed by atoms with Crippen LogP contribution in [0.1, 0.15) is 38.8 Å². The van der Waals surface area contributed by atoms with E-state index in [-0.39, 0.29) is 22.4 Å². The third-order valence-corrected chi connectivity index (χ3v) is 11.1. The number of carbonyl (C=O) groups excluding carboxylic acids is 1. The maximum atomic E-state index is 14.4. The van der Waals surface area contributed by atoms with E-state index in [1.807, 2.05) is 52.0 Å². The highest BCUT2D eigenvalue weighted by Gasteiger charge is 2.55. The van der Waals surface area contributed by atoms with Gasteiger partial charge in [-0.3, -0.25) is 14.7 Å². The predicted octanol–water partition coefficient (Wildman–Crippen LogP) is 5.24. The summed E-state index contributed by atoms with van der Waals surface area (Å²) in [5.41, 5.74) is 1.80. The van der Waals surface area contributed by atoms with Crippen LogP contribution in [0.5, 0.6) is 11.5 Å². The average Bonchev–Trinajstić information content (AvgIpc) is 3.43. The van der Waals surface area contributed by atoms with Crippen molar-refractivity contribution in [2.45, 2.75) is 44.2 Å². The average molecular weight is 672 g/mol. The van der Waals surface area contributed by atoms with Gasteiger partial charge in [-0.15, -0.1) is 0 Å². The monoisotopic (exact) mass is 671 g/mol. The smallest absolute Gasteiger partial charge is 0.274 e. The number of rotatable bonds is 13. The van der Waals surface area contributed by atoms with Crippen molar-refractivity contribution in [2.75, 3.05) is 49.7 Å². The van der Waals surface area contributed by atoms with E-state index in [4.69, 9.17) is 14.2 Å². The molecule has 252 valence electrons. The molecule has 11 nitrogen and oxygen atoms in total. The maximum absolute atomic E-state index is 14.4. The van der Waals surface area contributed by atoms with Gasteiger partial charge in [-0.05, 0) is 81.8 Å². The zero-order valence-corrected chi connectivity index (χ0v) is 28.9. The molecule has 2 aliphatic rings. The third kappa shape index (κ3) is 6.00. The van der Waals surface area contributed by atoms with Crippen molar-refractivity contribution in [3.05, 3.63) is 95.5 Å². The van der Waals surface area contributed by atoms with Crippen molar-refractivity contribution in [1.29, 1.82) is 5.26 Å². The van der Waals surface area contributed by atoms with Crippen LogP contribution >= 0.6 is 0 Å². The van der Waals surface area contributed by atoms with Gasteiger partial charge >= 0.3 is 0 Å². The highest BCUT2D eigenvalue weighted by molar-refractivity contribution is 7.93. The molecule has 0 radical (unpaired) electrons. The highest BCUT2D eigenvalue weighted by Crippen LogP contribution is 2.50. The zero-order valence-electron chi connectivity index (χ0n) is 28.1. The van der Waals surface area contributed by atoms with Gasteiger partial charge in [0.05, 0.1) is 43.7 Å². The lowest BCUT2D eigenvalue weighted by Crippen LogP contribution is -2.64. The van der Waals surface area contributed by atoms with Gasteiger partial charge < -0.3 is 19.1 Å². The van der Waals surface area contributed by atoms with Gasteiger partial charge in [0, 0.05) is 61.3 Å². The van der Waals surface area contributed by atoms with E-state index >= 15 is 0 Å². The summed E-state index contributed by atoms with van der Waals surface area (Å²) < 4.78 is 46.3. The van der Waals surface area contributed by atoms with Crippen LogP contribution < -0.4 is 18.7 Å². The van der Waals surface area contributed by atoms with E-state index in [9.17, 15) is 18.5 Å². The summed E-state index contributed by atoms with van der Waals surface area (Å²) in [6, 6.07) is 15.3. The number of anilines is 2. The van der Waals surface area contributed by atoms with Crippen molar-refractivity contribution in [3.63, 3.8) is 0 Å². The van der Waals surface area contributed by atoms with Crippen LogP contribution in [0.15, 0.2) is 89.3 Å². The molecular formula is C36H41N5O6S. The molecule has 2 saturated heterocycles. The molecule has 12 heteroatoms. The number of carbonyl (C=O) groups is 1. The lowest BCUT2D eigenvalue weighted by Gasteiger charge is -2.55. The number of amides is 1. The third-order valence-electron chi connectivity index (χ3n) is 9.45. The fourth-order valence-electron chi connectivity index (χ4n) is 6.84. The van der Waals surface area contributed by atoms with Crippen molar-refractivity contribution in [2.24, 2.45) is 5.92 Å². The molecule has 3 atom stereocenters. The Labute approximate surface area is 282 Å². The Balaban J connectivity index is 1.72. The normalized spacial score (nSPS) is 19.4. The number of likely N-dealkylation sites (tertiary alicyclic amines) is 1. The number of methoxy groups -OCH3 is 2. The molecular weight excluding hydrogens is 630 g/mol. The van der Waals surface area contributed by atoms with Crippen LogP contribution in [-0.2, 0) is 25.1 Å². The zero-order chi connectivity index (χ0) is 34.6. The molecule has 2 aliphatic heterocycles. The first-order chi connectivity index (χ1) is 23.1. The number of sulfonamides is 1. The number of nitrogens with zero attached hydrogens (tertiary/aromatic N) is 5. The number of ether oxygens (including phenoxy) is 3. The Morgan fingerprint density at radius 3 is 2.48 bits per heavy atom. The lowest BCUT2D eigenvalue weighted by molar-refractivity contribution is -0.106. The number of benzene rings is 2. The summed E-state index contributed by atoms with van der Waals surface area (Å²) in [5.74, 6) is 1.39. The second kappa shape index (κ2) is 14.1. The quantitative estimate of drug-likeness (QED) is 0.135. The Morgan fingerprint density at radius 2 is 1.85 bits per heavy atom. The Kier molecular flexibility index (Phi) is 10.1. The van der Waals surface area contributed by atoms with Crippen LogP contribution in [0.3, 0.4) is 0 Å². The molecule has 0 saturated carbocycles. The van der Waals surface area contributed by atoms with Gasteiger partial charge in [-0.1, -0.05) is 6.08 Å². The first kappa shape index (κ1) is 34.5. The number of aromatic nitrogens is 1. The van der Waals surface area contributed by atoms with E-state index in [0.717, 1.165) is 28.7 Å². The van der Waals surface area contributed by atoms with E-state index in [2.05, 4.69) is 20.9 Å². The molecule has 3 unspecified atom stereocenters. The molecule has 2 fully saturated rings. The fraction of sp³-hybridized carbons (Fsp3) is 0.361. The minimum Gasteiger partial charge on any atom is -0.497 e. The van der Waals surface area contributed by atoms with Crippen LogP contribution in [-0.4, -0.2) is 71.2 Å². The van der Waals surface area contributed by atoms with Gasteiger partial charge in [0.1, 0.15) is 22.2 Å². The van der Waals surface area contributed by atoms with Crippen LogP contribution in [0.4, 0.5) is 11.4 Å². The molecule has 0 bridgehead atoms. The standard InChI is InChI=1S/C36H41N5O6S/c1-7-9-33(47-8-2)25(3)36(4,40-22-27-21-39(23-32(27)40)28-14-16-38-17-15-28)30-18-26(20-37)10-12-31(30)41(24-42)48(43,44)35-13-11-29(45-5)19-34(35)46-6/h7,9-19,24,27,32H,8,21-23H2,1-6H3/b9-7-,33-25-. The van der Waals surface area contributed by atoms with Crippen molar-refractivity contribution >= 4 is 27.8 Å². The minimum absolute atomic E-state index is 0.0229. The summed E-state index contributed by atoms with van der Waals surface area (Å²) in [6.07, 6.45) is 7.62. The van der Waals surface area contributed by atoms with E-state index < -0.39 is 15.6 Å². The number of fused-ring (bicyclic) bond motifs is 1. The number of allylic oxidation sites excluding steroid dienone is 2. The highest BCUT2D eigenvalue weighted by atomic mass is 32.2. The number of hydrogen-bond donors (Lipinski definition) is 0. The van der Waals surface area contributed by atoms with Gasteiger partial charge in [-0.25, -0.2) is 12.7 Å².